The number of hydrogen-bond donors (Lipinski definition) is 3. The molecule has 112 valence electrons. The van der Waals surface area contributed by atoms with Gasteiger partial charge in [0.1, 0.15) is 11.3 Å². The molecule has 0 amide bonds. The van der Waals surface area contributed by atoms with Crippen LogP contribution in [0.25, 0.3) is 11.2 Å². The number of anilines is 2. The van der Waals surface area contributed by atoms with Gasteiger partial charge in [-0.25, -0.2) is 15.0 Å². The number of nitrogens with one attached hydrogen (secondary N) is 3. The van der Waals surface area contributed by atoms with Crippen molar-refractivity contribution in [2.24, 2.45) is 0 Å². The largest absolute Gasteiger partial charge is 0.383 e. The van der Waals surface area contributed by atoms with Crippen molar-refractivity contribution in [2.75, 3.05) is 37.4 Å². The van der Waals surface area contributed by atoms with E-state index in [0.717, 1.165) is 17.9 Å². The zero-order chi connectivity index (χ0) is 15.1. The van der Waals surface area contributed by atoms with Crippen molar-refractivity contribution < 1.29 is 4.74 Å². The molecule has 8 heteroatoms. The molecule has 0 aliphatic heterocycles. The molecule has 0 radical (unpaired) electrons. The Morgan fingerprint density at radius 1 is 1.29 bits per heavy atom. The summed E-state index contributed by atoms with van der Waals surface area (Å²) in [6.45, 7) is 4.02. The average molecular weight is 306 g/mol. The van der Waals surface area contributed by atoms with E-state index in [0.29, 0.717) is 29.7 Å². The minimum Gasteiger partial charge on any atom is -0.383 e. The van der Waals surface area contributed by atoms with E-state index in [1.54, 1.807) is 13.3 Å². The summed E-state index contributed by atoms with van der Waals surface area (Å²) >= 11 is 5.12. The molecule has 2 aromatic rings. The SMILES string of the molecule is CCNC(=S)Nc1cnc2ccc(NCCOC)nc2n1. The first-order chi connectivity index (χ1) is 10.2. The lowest BCUT2D eigenvalue weighted by Crippen LogP contribution is -2.28. The molecule has 21 heavy (non-hydrogen) atoms. The van der Waals surface area contributed by atoms with Gasteiger partial charge in [-0.2, -0.15) is 0 Å². The molecule has 0 aliphatic rings. The Bertz CT molecular complexity index is 621. The number of nitrogens with zero attached hydrogens (tertiary/aromatic N) is 3. The van der Waals surface area contributed by atoms with Gasteiger partial charge < -0.3 is 20.7 Å². The summed E-state index contributed by atoms with van der Waals surface area (Å²) in [5.74, 6) is 1.30. The van der Waals surface area contributed by atoms with E-state index in [1.807, 2.05) is 19.1 Å². The van der Waals surface area contributed by atoms with Crippen LogP contribution in [0.4, 0.5) is 11.6 Å². The van der Waals surface area contributed by atoms with E-state index < -0.39 is 0 Å². The molecule has 2 heterocycles. The van der Waals surface area contributed by atoms with Crippen LogP contribution >= 0.6 is 12.2 Å². The number of ether oxygens (including phenoxy) is 1. The number of aromatic nitrogens is 3. The second-order valence-electron chi connectivity index (χ2n) is 4.20. The van der Waals surface area contributed by atoms with Crippen molar-refractivity contribution in [3.05, 3.63) is 18.3 Å². The second kappa shape index (κ2) is 7.65. The predicted octanol–water partition coefficient (Wildman–Crippen LogP) is 1.39. The highest BCUT2D eigenvalue weighted by Crippen LogP contribution is 2.13. The van der Waals surface area contributed by atoms with E-state index >= 15 is 0 Å². The lowest BCUT2D eigenvalue weighted by atomic mass is 10.4. The minimum absolute atomic E-state index is 0.514. The highest BCUT2D eigenvalue weighted by atomic mass is 32.1. The number of hydrogen-bond acceptors (Lipinski definition) is 6. The van der Waals surface area contributed by atoms with E-state index in [9.17, 15) is 0 Å². The molecule has 0 unspecified atom stereocenters. The van der Waals surface area contributed by atoms with Crippen LogP contribution in [0, 0.1) is 0 Å². The third-order valence-electron chi connectivity index (χ3n) is 2.60. The van der Waals surface area contributed by atoms with Crippen LogP contribution in [0.2, 0.25) is 0 Å². The van der Waals surface area contributed by atoms with Gasteiger partial charge in [-0.3, -0.25) is 0 Å². The van der Waals surface area contributed by atoms with Crippen LogP contribution in [-0.2, 0) is 4.74 Å². The van der Waals surface area contributed by atoms with Crippen LogP contribution in [0.15, 0.2) is 18.3 Å². The van der Waals surface area contributed by atoms with Crippen LogP contribution in [0.1, 0.15) is 6.92 Å². The van der Waals surface area contributed by atoms with Gasteiger partial charge in [-0.15, -0.1) is 0 Å². The molecule has 0 spiro atoms. The number of rotatable bonds is 6. The fourth-order valence-electron chi connectivity index (χ4n) is 1.66. The predicted molar refractivity (Wildman–Crippen MR) is 87.6 cm³/mol. The quantitative estimate of drug-likeness (QED) is 0.545. The topological polar surface area (TPSA) is 84.0 Å². The molecule has 0 saturated carbocycles. The van der Waals surface area contributed by atoms with E-state index in [-0.39, 0.29) is 0 Å². The molecule has 3 N–H and O–H groups in total. The van der Waals surface area contributed by atoms with Crippen LogP contribution < -0.4 is 16.0 Å². The maximum Gasteiger partial charge on any atom is 0.182 e. The summed E-state index contributed by atoms with van der Waals surface area (Å²) in [6.07, 6.45) is 1.63. The molecule has 0 aliphatic carbocycles. The van der Waals surface area contributed by atoms with Gasteiger partial charge in [0, 0.05) is 20.2 Å². The number of pyridine rings is 1. The molecular weight excluding hydrogens is 288 g/mol. The summed E-state index contributed by atoms with van der Waals surface area (Å²) in [4.78, 5) is 13.1. The molecule has 0 saturated heterocycles. The summed E-state index contributed by atoms with van der Waals surface area (Å²) in [5, 5.41) is 9.64. The van der Waals surface area contributed by atoms with Crippen molar-refractivity contribution in [3.8, 4) is 0 Å². The van der Waals surface area contributed by atoms with Crippen LogP contribution in [0.5, 0.6) is 0 Å². The zero-order valence-corrected chi connectivity index (χ0v) is 12.8. The molecule has 7 nitrogen and oxygen atoms in total. The molecule has 0 bridgehead atoms. The molecule has 2 rings (SSSR count). The Morgan fingerprint density at radius 3 is 2.86 bits per heavy atom. The zero-order valence-electron chi connectivity index (χ0n) is 12.0. The Morgan fingerprint density at radius 2 is 2.10 bits per heavy atom. The van der Waals surface area contributed by atoms with Gasteiger partial charge in [0.15, 0.2) is 16.6 Å². The average Bonchev–Trinajstić information content (AvgIpc) is 2.47. The van der Waals surface area contributed by atoms with Gasteiger partial charge in [0.25, 0.3) is 0 Å². The van der Waals surface area contributed by atoms with Gasteiger partial charge in [0.2, 0.25) is 0 Å². The molecule has 0 fully saturated rings. The van der Waals surface area contributed by atoms with E-state index in [1.165, 1.54) is 0 Å². The number of thiocarbonyl (C=S) groups is 1. The Balaban J connectivity index is 2.13. The highest BCUT2D eigenvalue weighted by Gasteiger charge is 2.04. The molecule has 2 aromatic heterocycles. The van der Waals surface area contributed by atoms with E-state index in [4.69, 9.17) is 17.0 Å². The fourth-order valence-corrected chi connectivity index (χ4v) is 1.91. The lowest BCUT2D eigenvalue weighted by Gasteiger charge is -2.09. The highest BCUT2D eigenvalue weighted by molar-refractivity contribution is 7.80. The molecule has 0 aromatic carbocycles. The third kappa shape index (κ3) is 4.47. The molecular formula is C13H18N6OS. The molecule has 0 atom stereocenters. The van der Waals surface area contributed by atoms with Crippen molar-refractivity contribution in [1.29, 1.82) is 0 Å². The van der Waals surface area contributed by atoms with Gasteiger partial charge in [-0.05, 0) is 31.3 Å². The van der Waals surface area contributed by atoms with Gasteiger partial charge >= 0.3 is 0 Å². The van der Waals surface area contributed by atoms with E-state index in [2.05, 4.69) is 30.9 Å². The Hall–Kier alpha value is -2.06. The van der Waals surface area contributed by atoms with Crippen molar-refractivity contribution in [2.45, 2.75) is 6.92 Å². The smallest absolute Gasteiger partial charge is 0.182 e. The van der Waals surface area contributed by atoms with Gasteiger partial charge in [-0.1, -0.05) is 0 Å². The standard InChI is InChI=1S/C13H18N6OS/c1-3-14-13(21)19-11-8-16-9-4-5-10(15-6-7-20-2)17-12(9)18-11/h4-5,8H,3,6-7H2,1-2H3,(H3,14,15,17,18,19,21). The first-order valence-electron chi connectivity index (χ1n) is 6.64. The maximum absolute atomic E-state index is 5.12. The fraction of sp³-hybridized carbons (Fsp3) is 0.385. The summed E-state index contributed by atoms with van der Waals surface area (Å²) in [5.41, 5.74) is 1.29. The second-order valence-corrected chi connectivity index (χ2v) is 4.61. The van der Waals surface area contributed by atoms with Crippen molar-refractivity contribution in [1.82, 2.24) is 20.3 Å². The number of methoxy groups -OCH3 is 1. The Kier molecular flexibility index (Phi) is 5.59. The third-order valence-corrected chi connectivity index (χ3v) is 2.84. The summed E-state index contributed by atoms with van der Waals surface area (Å²) in [6, 6.07) is 3.74. The Labute approximate surface area is 128 Å². The first-order valence-corrected chi connectivity index (χ1v) is 7.05. The van der Waals surface area contributed by atoms with Crippen LogP contribution in [-0.4, -0.2) is 46.9 Å². The summed E-state index contributed by atoms with van der Waals surface area (Å²) in [7, 11) is 1.66. The van der Waals surface area contributed by atoms with Crippen molar-refractivity contribution in [3.63, 3.8) is 0 Å². The monoisotopic (exact) mass is 306 g/mol. The normalized spacial score (nSPS) is 10.4. The lowest BCUT2D eigenvalue weighted by molar-refractivity contribution is 0.210. The first kappa shape index (κ1) is 15.3. The minimum atomic E-state index is 0.514. The van der Waals surface area contributed by atoms with Crippen molar-refractivity contribution >= 4 is 40.1 Å². The maximum atomic E-state index is 5.12. The van der Waals surface area contributed by atoms with Gasteiger partial charge in [0.05, 0.1) is 12.8 Å². The van der Waals surface area contributed by atoms with Crippen LogP contribution in [0.3, 0.4) is 0 Å². The summed E-state index contributed by atoms with van der Waals surface area (Å²) < 4.78 is 4.99. The number of fused-ring (bicyclic) bond motifs is 1.